The van der Waals surface area contributed by atoms with E-state index in [2.05, 4.69) is 32.1 Å². The van der Waals surface area contributed by atoms with Gasteiger partial charge in [-0.05, 0) is 24.7 Å². The summed E-state index contributed by atoms with van der Waals surface area (Å²) < 4.78 is 39.0. The number of benzene rings is 1. The number of carbonyl (C=O) groups excluding carboxylic acids is 1. The van der Waals surface area contributed by atoms with Crippen LogP contribution < -0.4 is 5.32 Å². The van der Waals surface area contributed by atoms with Crippen molar-refractivity contribution in [3.63, 3.8) is 0 Å². The number of aromatic nitrogens is 3. The highest BCUT2D eigenvalue weighted by Crippen LogP contribution is 2.24. The second kappa shape index (κ2) is 8.64. The Morgan fingerprint density at radius 2 is 1.90 bits per heavy atom. The van der Waals surface area contributed by atoms with Crippen molar-refractivity contribution in [1.29, 1.82) is 0 Å². The molecule has 4 rings (SSSR count). The van der Waals surface area contributed by atoms with Crippen LogP contribution in [0.3, 0.4) is 0 Å². The molecular weight excluding hydrogens is 409 g/mol. The predicted octanol–water partition coefficient (Wildman–Crippen LogP) is 2.51. The van der Waals surface area contributed by atoms with Crippen LogP contribution in [0, 0.1) is 0 Å². The normalized spacial score (nSPS) is 18.4. The zero-order valence-corrected chi connectivity index (χ0v) is 17.0. The van der Waals surface area contributed by atoms with Crippen LogP contribution in [-0.2, 0) is 6.54 Å². The van der Waals surface area contributed by atoms with E-state index in [9.17, 15) is 18.0 Å². The fourth-order valence-electron chi connectivity index (χ4n) is 3.75. The minimum Gasteiger partial charge on any atom is -0.343 e. The number of nitrogens with zero attached hydrogens (tertiary/aromatic N) is 5. The van der Waals surface area contributed by atoms with E-state index in [4.69, 9.17) is 0 Å². The molecule has 164 valence electrons. The topological polar surface area (TPSA) is 65.8 Å². The molecule has 1 N–H and O–H groups in total. The van der Waals surface area contributed by atoms with Gasteiger partial charge in [-0.2, -0.15) is 13.2 Å². The van der Waals surface area contributed by atoms with Gasteiger partial charge in [-0.3, -0.25) is 19.0 Å². The van der Waals surface area contributed by atoms with Crippen LogP contribution in [0.25, 0.3) is 5.65 Å². The van der Waals surface area contributed by atoms with Gasteiger partial charge in [0.2, 0.25) is 0 Å². The first-order chi connectivity index (χ1) is 14.8. The fraction of sp³-hybridized carbons (Fsp3) is 0.381. The lowest BCUT2D eigenvalue weighted by Crippen LogP contribution is -2.46. The van der Waals surface area contributed by atoms with Gasteiger partial charge < -0.3 is 5.32 Å². The van der Waals surface area contributed by atoms with E-state index in [0.29, 0.717) is 11.5 Å². The summed E-state index contributed by atoms with van der Waals surface area (Å²) in [7, 11) is 2.01. The number of carbonyl (C=O) groups is 1. The Morgan fingerprint density at radius 1 is 1.13 bits per heavy atom. The summed E-state index contributed by atoms with van der Waals surface area (Å²) in [6, 6.07) is 13.2. The second-order valence-corrected chi connectivity index (χ2v) is 7.72. The van der Waals surface area contributed by atoms with Crippen LogP contribution >= 0.6 is 0 Å². The van der Waals surface area contributed by atoms with Crippen molar-refractivity contribution in [1.82, 2.24) is 29.7 Å². The molecule has 7 nitrogen and oxygen atoms in total. The Balaban J connectivity index is 1.55. The largest absolute Gasteiger partial charge is 0.405 e. The van der Waals surface area contributed by atoms with Crippen LogP contribution in [0.2, 0.25) is 0 Å². The molecule has 3 heterocycles. The van der Waals surface area contributed by atoms with Gasteiger partial charge in [0, 0.05) is 32.4 Å². The summed E-state index contributed by atoms with van der Waals surface area (Å²) in [5.41, 5.74) is 1.88. The van der Waals surface area contributed by atoms with E-state index in [1.54, 1.807) is 10.5 Å². The van der Waals surface area contributed by atoms with E-state index in [1.807, 2.05) is 30.6 Å². The summed E-state index contributed by atoms with van der Waals surface area (Å²) in [4.78, 5) is 16.7. The van der Waals surface area contributed by atoms with Crippen molar-refractivity contribution >= 4 is 11.6 Å². The number of piperazine rings is 1. The van der Waals surface area contributed by atoms with Gasteiger partial charge in [-0.1, -0.05) is 30.3 Å². The summed E-state index contributed by atoms with van der Waals surface area (Å²) in [5.74, 6) is -0.137. The highest BCUT2D eigenvalue weighted by Gasteiger charge is 2.30. The number of rotatable bonds is 5. The Bertz CT molecular complexity index is 1050. The third kappa shape index (κ3) is 5.02. The van der Waals surface area contributed by atoms with E-state index in [1.165, 1.54) is 17.8 Å². The highest BCUT2D eigenvalue weighted by molar-refractivity contribution is 5.94. The van der Waals surface area contributed by atoms with Gasteiger partial charge in [-0.15, -0.1) is 10.2 Å². The molecular formula is C21H23F3N6O. The van der Waals surface area contributed by atoms with Gasteiger partial charge in [0.05, 0.1) is 11.6 Å². The molecule has 1 aliphatic rings. The van der Waals surface area contributed by atoms with Crippen molar-refractivity contribution in [2.75, 3.05) is 33.2 Å². The van der Waals surface area contributed by atoms with Crippen LogP contribution in [0.1, 0.15) is 27.8 Å². The van der Waals surface area contributed by atoms with Crippen LogP contribution in [0.4, 0.5) is 13.2 Å². The first kappa shape index (κ1) is 21.3. The number of likely N-dealkylation sites (N-methyl/N-ethyl adjacent to an activating group) is 1. The van der Waals surface area contributed by atoms with E-state index < -0.39 is 18.6 Å². The third-order valence-corrected chi connectivity index (χ3v) is 5.42. The Labute approximate surface area is 177 Å². The number of alkyl halides is 3. The Hall–Kier alpha value is -2.98. The lowest BCUT2D eigenvalue weighted by molar-refractivity contribution is -0.123. The predicted molar refractivity (Wildman–Crippen MR) is 108 cm³/mol. The van der Waals surface area contributed by atoms with Gasteiger partial charge in [-0.25, -0.2) is 0 Å². The molecule has 0 aliphatic carbocycles. The average molecular weight is 432 g/mol. The second-order valence-electron chi connectivity index (χ2n) is 7.72. The molecule has 31 heavy (non-hydrogen) atoms. The molecule has 1 aromatic carbocycles. The maximum absolute atomic E-state index is 12.4. The minimum atomic E-state index is -4.46. The van der Waals surface area contributed by atoms with Gasteiger partial charge in [0.25, 0.3) is 5.91 Å². The molecule has 1 unspecified atom stereocenters. The summed E-state index contributed by atoms with van der Waals surface area (Å²) in [6.45, 7) is 1.89. The monoisotopic (exact) mass is 432 g/mol. The number of nitrogens with one attached hydrogen (secondary N) is 1. The van der Waals surface area contributed by atoms with Gasteiger partial charge >= 0.3 is 6.18 Å². The molecule has 0 radical (unpaired) electrons. The SMILES string of the molecule is CN1CCN(Cc2ccccc2)CC1c1nnc2ccc(C(=O)NCC(F)(F)F)cn12. The molecule has 2 aromatic heterocycles. The van der Waals surface area contributed by atoms with Crippen molar-refractivity contribution < 1.29 is 18.0 Å². The van der Waals surface area contributed by atoms with Crippen molar-refractivity contribution in [2.24, 2.45) is 0 Å². The fourth-order valence-corrected chi connectivity index (χ4v) is 3.75. The third-order valence-electron chi connectivity index (χ3n) is 5.42. The molecule has 1 amide bonds. The minimum absolute atomic E-state index is 0.0686. The lowest BCUT2D eigenvalue weighted by atomic mass is 10.1. The maximum atomic E-state index is 12.4. The molecule has 0 spiro atoms. The van der Waals surface area contributed by atoms with Crippen molar-refractivity contribution in [3.05, 3.63) is 65.6 Å². The van der Waals surface area contributed by atoms with Gasteiger partial charge in [0.15, 0.2) is 11.5 Å². The molecule has 1 saturated heterocycles. The number of hydrogen-bond acceptors (Lipinski definition) is 5. The van der Waals surface area contributed by atoms with Crippen molar-refractivity contribution in [3.8, 4) is 0 Å². The zero-order valence-electron chi connectivity index (χ0n) is 17.0. The Kier molecular flexibility index (Phi) is 5.92. The van der Waals surface area contributed by atoms with E-state index >= 15 is 0 Å². The molecule has 0 saturated carbocycles. The first-order valence-electron chi connectivity index (χ1n) is 9.96. The number of hydrogen-bond donors (Lipinski definition) is 1. The summed E-state index contributed by atoms with van der Waals surface area (Å²) in [5, 5.41) is 10.4. The first-order valence-corrected chi connectivity index (χ1v) is 9.96. The van der Waals surface area contributed by atoms with Crippen LogP contribution in [0.5, 0.6) is 0 Å². The summed E-state index contributed by atoms with van der Waals surface area (Å²) in [6.07, 6.45) is -2.96. The lowest BCUT2D eigenvalue weighted by Gasteiger charge is -2.38. The number of halogens is 3. The highest BCUT2D eigenvalue weighted by atomic mass is 19.4. The molecule has 3 aromatic rings. The quantitative estimate of drug-likeness (QED) is 0.671. The van der Waals surface area contributed by atoms with E-state index in [0.717, 1.165) is 26.2 Å². The van der Waals surface area contributed by atoms with E-state index in [-0.39, 0.29) is 11.6 Å². The molecule has 1 aliphatic heterocycles. The molecule has 10 heteroatoms. The number of fused-ring (bicyclic) bond motifs is 1. The number of pyridine rings is 1. The average Bonchev–Trinajstić information content (AvgIpc) is 3.16. The Morgan fingerprint density at radius 3 is 2.65 bits per heavy atom. The smallest absolute Gasteiger partial charge is 0.343 e. The molecule has 1 fully saturated rings. The van der Waals surface area contributed by atoms with Crippen LogP contribution in [0.15, 0.2) is 48.7 Å². The molecule has 0 bridgehead atoms. The molecule has 1 atom stereocenters. The van der Waals surface area contributed by atoms with Crippen LogP contribution in [-0.4, -0.2) is 69.7 Å². The van der Waals surface area contributed by atoms with Crippen molar-refractivity contribution in [2.45, 2.75) is 18.8 Å². The maximum Gasteiger partial charge on any atom is 0.405 e. The number of amides is 1. The summed E-state index contributed by atoms with van der Waals surface area (Å²) >= 11 is 0. The standard InChI is InChI=1S/C21H23F3N6O/c1-28-9-10-29(11-15-5-3-2-4-6-15)13-17(28)19-27-26-18-8-7-16(12-30(18)19)20(31)25-14-21(22,23)24/h2-8,12,17H,9-11,13-14H2,1H3,(H,25,31). The zero-order chi connectivity index (χ0) is 22.0. The van der Waals surface area contributed by atoms with Gasteiger partial charge in [0.1, 0.15) is 6.54 Å².